The molecule has 0 spiro atoms. The lowest BCUT2D eigenvalue weighted by molar-refractivity contribution is -0.134. The van der Waals surface area contributed by atoms with E-state index in [2.05, 4.69) is 12.1 Å². The number of carbonyl (C=O) groups excluding carboxylic acids is 2. The lowest BCUT2D eigenvalue weighted by Crippen LogP contribution is -2.46. The number of ether oxygens (including phenoxy) is 1. The Morgan fingerprint density at radius 1 is 1.17 bits per heavy atom. The minimum absolute atomic E-state index is 0.0189. The van der Waals surface area contributed by atoms with Crippen LogP contribution in [0.3, 0.4) is 0 Å². The lowest BCUT2D eigenvalue weighted by Gasteiger charge is -2.36. The summed E-state index contributed by atoms with van der Waals surface area (Å²) in [4.78, 5) is 29.4. The number of halogens is 2. The summed E-state index contributed by atoms with van der Waals surface area (Å²) < 4.78 is 5.13. The molecule has 3 rings (SSSR count). The van der Waals surface area contributed by atoms with E-state index in [9.17, 15) is 9.59 Å². The smallest absolute Gasteiger partial charge is 0.254 e. The Balaban J connectivity index is 1.76. The van der Waals surface area contributed by atoms with Crippen LogP contribution in [-0.4, -0.2) is 55.0 Å². The van der Waals surface area contributed by atoms with E-state index in [1.165, 1.54) is 16.5 Å². The first kappa shape index (κ1) is 21.6. The maximum absolute atomic E-state index is 13.1. The Labute approximate surface area is 181 Å². The lowest BCUT2D eigenvalue weighted by atomic mass is 9.93. The monoisotopic (exact) mass is 434 g/mol. The Morgan fingerprint density at radius 2 is 1.93 bits per heavy atom. The summed E-state index contributed by atoms with van der Waals surface area (Å²) >= 11 is 12.0. The number of hydrogen-bond donors (Lipinski definition) is 0. The van der Waals surface area contributed by atoms with Crippen molar-refractivity contribution in [2.24, 2.45) is 0 Å². The van der Waals surface area contributed by atoms with Crippen molar-refractivity contribution in [3.05, 3.63) is 69.2 Å². The topological polar surface area (TPSA) is 49.9 Å². The molecule has 0 saturated heterocycles. The molecule has 0 radical (unpaired) electrons. The Kier molecular flexibility index (Phi) is 7.17. The van der Waals surface area contributed by atoms with Gasteiger partial charge < -0.3 is 14.5 Å². The second-order valence-corrected chi connectivity index (χ2v) is 7.87. The zero-order valence-electron chi connectivity index (χ0n) is 16.5. The van der Waals surface area contributed by atoms with Gasteiger partial charge in [0.05, 0.1) is 22.7 Å². The van der Waals surface area contributed by atoms with Gasteiger partial charge in [-0.3, -0.25) is 9.59 Å². The highest BCUT2D eigenvalue weighted by molar-refractivity contribution is 6.42. The average Bonchev–Trinajstić information content (AvgIpc) is 2.73. The van der Waals surface area contributed by atoms with Crippen molar-refractivity contribution in [1.29, 1.82) is 0 Å². The van der Waals surface area contributed by atoms with E-state index >= 15 is 0 Å². The number of methoxy groups -OCH3 is 1. The van der Waals surface area contributed by atoms with Crippen LogP contribution in [0.1, 0.15) is 34.5 Å². The molecule has 2 aromatic rings. The molecule has 0 fully saturated rings. The Bertz CT molecular complexity index is 903. The highest BCUT2D eigenvalue weighted by atomic mass is 35.5. The summed E-state index contributed by atoms with van der Waals surface area (Å²) in [6.45, 7) is 3.28. The third-order valence-corrected chi connectivity index (χ3v) is 6.00. The van der Waals surface area contributed by atoms with Crippen LogP contribution >= 0.6 is 23.2 Å². The van der Waals surface area contributed by atoms with Gasteiger partial charge in [-0.05, 0) is 42.7 Å². The van der Waals surface area contributed by atoms with Crippen LogP contribution in [0.2, 0.25) is 10.0 Å². The SMILES string of the molecule is COCCN(CC(=O)N1CCc2ccccc2C1C)C(=O)c1ccc(Cl)c(Cl)c1. The fourth-order valence-corrected chi connectivity index (χ4v) is 3.93. The number of fused-ring (bicyclic) bond motifs is 1. The maximum Gasteiger partial charge on any atom is 0.254 e. The molecule has 1 aliphatic heterocycles. The van der Waals surface area contributed by atoms with E-state index in [0.29, 0.717) is 35.3 Å². The number of nitrogens with zero attached hydrogens (tertiary/aromatic N) is 2. The quantitative estimate of drug-likeness (QED) is 0.683. The highest BCUT2D eigenvalue weighted by Gasteiger charge is 2.29. The number of hydrogen-bond acceptors (Lipinski definition) is 3. The molecule has 0 saturated carbocycles. The van der Waals surface area contributed by atoms with Gasteiger partial charge in [0.1, 0.15) is 6.54 Å². The van der Waals surface area contributed by atoms with Crippen LogP contribution in [0.25, 0.3) is 0 Å². The molecule has 1 aliphatic rings. The van der Waals surface area contributed by atoms with Gasteiger partial charge >= 0.3 is 0 Å². The van der Waals surface area contributed by atoms with Gasteiger partial charge in [0.25, 0.3) is 5.91 Å². The summed E-state index contributed by atoms with van der Waals surface area (Å²) in [5.74, 6) is -0.365. The van der Waals surface area contributed by atoms with Crippen LogP contribution in [0.4, 0.5) is 0 Å². The summed E-state index contributed by atoms with van der Waals surface area (Å²) in [7, 11) is 1.56. The first-order chi connectivity index (χ1) is 13.9. The first-order valence-corrected chi connectivity index (χ1v) is 10.3. The van der Waals surface area contributed by atoms with E-state index in [1.807, 2.05) is 24.0 Å². The van der Waals surface area contributed by atoms with Gasteiger partial charge in [0, 0.05) is 25.8 Å². The van der Waals surface area contributed by atoms with Crippen LogP contribution in [0.15, 0.2) is 42.5 Å². The van der Waals surface area contributed by atoms with E-state index < -0.39 is 0 Å². The fourth-order valence-electron chi connectivity index (χ4n) is 3.63. The van der Waals surface area contributed by atoms with Crippen molar-refractivity contribution < 1.29 is 14.3 Å². The van der Waals surface area contributed by atoms with Gasteiger partial charge in [-0.25, -0.2) is 0 Å². The van der Waals surface area contributed by atoms with Gasteiger partial charge in [0.15, 0.2) is 0 Å². The molecule has 1 atom stereocenters. The molecule has 1 heterocycles. The van der Waals surface area contributed by atoms with Gasteiger partial charge in [-0.2, -0.15) is 0 Å². The molecular weight excluding hydrogens is 411 g/mol. The molecule has 0 N–H and O–H groups in total. The normalized spacial score (nSPS) is 15.7. The molecule has 2 aromatic carbocycles. The molecule has 0 aliphatic carbocycles. The van der Waals surface area contributed by atoms with Crippen molar-refractivity contribution in [2.45, 2.75) is 19.4 Å². The zero-order chi connectivity index (χ0) is 21.0. The second-order valence-electron chi connectivity index (χ2n) is 7.06. The van der Waals surface area contributed by atoms with E-state index in [4.69, 9.17) is 27.9 Å². The summed E-state index contributed by atoms with van der Waals surface area (Å²) in [6, 6.07) is 12.9. The second kappa shape index (κ2) is 9.61. The molecular formula is C22H24Cl2N2O3. The summed E-state index contributed by atoms with van der Waals surface area (Å²) in [5.41, 5.74) is 2.82. The molecule has 2 amide bonds. The van der Waals surface area contributed by atoms with Crippen molar-refractivity contribution in [1.82, 2.24) is 9.80 Å². The Hall–Kier alpha value is -2.08. The summed E-state index contributed by atoms with van der Waals surface area (Å²) in [5, 5.41) is 0.681. The fraction of sp³-hybridized carbons (Fsp3) is 0.364. The molecule has 154 valence electrons. The molecule has 0 bridgehead atoms. The standard InChI is InChI=1S/C22H24Cl2N2O3/c1-15-18-6-4-3-5-16(18)9-10-26(15)21(27)14-25(11-12-29-2)22(28)17-7-8-19(23)20(24)13-17/h3-8,13,15H,9-12,14H2,1-2H3. The highest BCUT2D eigenvalue weighted by Crippen LogP contribution is 2.29. The van der Waals surface area contributed by atoms with Gasteiger partial charge in [-0.15, -0.1) is 0 Å². The molecule has 5 nitrogen and oxygen atoms in total. The first-order valence-electron chi connectivity index (χ1n) is 9.53. The van der Waals surface area contributed by atoms with Crippen molar-refractivity contribution in [3.8, 4) is 0 Å². The zero-order valence-corrected chi connectivity index (χ0v) is 18.0. The van der Waals surface area contributed by atoms with E-state index in [0.717, 1.165) is 12.0 Å². The minimum Gasteiger partial charge on any atom is -0.383 e. The summed E-state index contributed by atoms with van der Waals surface area (Å²) in [6.07, 6.45) is 0.811. The van der Waals surface area contributed by atoms with Crippen molar-refractivity contribution in [3.63, 3.8) is 0 Å². The van der Waals surface area contributed by atoms with Crippen LogP contribution in [0.5, 0.6) is 0 Å². The van der Waals surface area contributed by atoms with E-state index in [1.54, 1.807) is 19.2 Å². The molecule has 7 heteroatoms. The molecule has 0 aromatic heterocycles. The third kappa shape index (κ3) is 4.92. The van der Waals surface area contributed by atoms with Gasteiger partial charge in [-0.1, -0.05) is 47.5 Å². The number of amides is 2. The molecule has 1 unspecified atom stereocenters. The molecule has 29 heavy (non-hydrogen) atoms. The van der Waals surface area contributed by atoms with Crippen LogP contribution in [-0.2, 0) is 16.0 Å². The van der Waals surface area contributed by atoms with Crippen LogP contribution < -0.4 is 0 Å². The maximum atomic E-state index is 13.1. The predicted molar refractivity (Wildman–Crippen MR) is 115 cm³/mol. The largest absolute Gasteiger partial charge is 0.383 e. The number of rotatable bonds is 6. The van der Waals surface area contributed by atoms with Gasteiger partial charge in [0.2, 0.25) is 5.91 Å². The Morgan fingerprint density at radius 3 is 2.66 bits per heavy atom. The van der Waals surface area contributed by atoms with Crippen LogP contribution in [0, 0.1) is 0 Å². The minimum atomic E-state index is -0.279. The third-order valence-electron chi connectivity index (χ3n) is 5.26. The van der Waals surface area contributed by atoms with Crippen molar-refractivity contribution in [2.75, 3.05) is 33.4 Å². The number of benzene rings is 2. The van der Waals surface area contributed by atoms with Crippen molar-refractivity contribution >= 4 is 35.0 Å². The predicted octanol–water partition coefficient (Wildman–Crippen LogP) is 4.23. The van der Waals surface area contributed by atoms with E-state index in [-0.39, 0.29) is 24.4 Å². The number of carbonyl (C=O) groups is 2. The average molecular weight is 435 g/mol.